The molecule has 0 fully saturated rings. The summed E-state index contributed by atoms with van der Waals surface area (Å²) in [5.74, 6) is -1.35. The number of nitrogens with one attached hydrogen (secondary N) is 1. The van der Waals surface area contributed by atoms with Gasteiger partial charge in [0.25, 0.3) is 11.5 Å². The number of hydrogen-bond donors (Lipinski definition) is 1. The van der Waals surface area contributed by atoms with Gasteiger partial charge in [0.15, 0.2) is 12.4 Å². The molecule has 8 nitrogen and oxygen atoms in total. The lowest BCUT2D eigenvalue weighted by Crippen LogP contribution is -2.28. The van der Waals surface area contributed by atoms with Gasteiger partial charge in [-0.3, -0.25) is 23.7 Å². The van der Waals surface area contributed by atoms with Gasteiger partial charge in [-0.05, 0) is 43.3 Å². The molecule has 1 heterocycles. The zero-order chi connectivity index (χ0) is 20.1. The van der Waals surface area contributed by atoms with E-state index < -0.39 is 18.5 Å². The molecule has 2 aromatic carbocycles. The third-order valence-electron chi connectivity index (χ3n) is 3.97. The second kappa shape index (κ2) is 8.26. The fourth-order valence-electron chi connectivity index (χ4n) is 2.53. The van der Waals surface area contributed by atoms with Crippen molar-refractivity contribution < 1.29 is 19.1 Å². The van der Waals surface area contributed by atoms with Gasteiger partial charge in [-0.2, -0.15) is 0 Å². The predicted octanol–water partition coefficient (Wildman–Crippen LogP) is 1.78. The van der Waals surface area contributed by atoms with Crippen molar-refractivity contribution in [2.45, 2.75) is 13.5 Å². The molecular weight excluding hydrogens is 362 g/mol. The van der Waals surface area contributed by atoms with Crippen molar-refractivity contribution in [3.63, 3.8) is 0 Å². The van der Waals surface area contributed by atoms with Crippen LogP contribution in [0.1, 0.15) is 17.3 Å². The largest absolute Gasteiger partial charge is 0.454 e. The second-order valence-corrected chi connectivity index (χ2v) is 6.04. The number of fused-ring (bicyclic) bond motifs is 1. The minimum absolute atomic E-state index is 0.0785. The normalized spacial score (nSPS) is 10.5. The summed E-state index contributed by atoms with van der Waals surface area (Å²) in [5, 5.41) is 2.95. The highest BCUT2D eigenvalue weighted by atomic mass is 16.5. The van der Waals surface area contributed by atoms with E-state index in [0.717, 1.165) is 4.57 Å². The Kier molecular flexibility index (Phi) is 5.59. The van der Waals surface area contributed by atoms with Crippen LogP contribution < -0.4 is 10.9 Å². The van der Waals surface area contributed by atoms with E-state index in [1.165, 1.54) is 13.3 Å². The van der Waals surface area contributed by atoms with Gasteiger partial charge < -0.3 is 10.1 Å². The van der Waals surface area contributed by atoms with Gasteiger partial charge in [0.2, 0.25) is 0 Å². The molecule has 0 radical (unpaired) electrons. The van der Waals surface area contributed by atoms with Gasteiger partial charge in [-0.25, -0.2) is 4.98 Å². The molecule has 0 bridgehead atoms. The molecule has 1 amide bonds. The summed E-state index contributed by atoms with van der Waals surface area (Å²) in [4.78, 5) is 51.5. The zero-order valence-corrected chi connectivity index (χ0v) is 15.0. The van der Waals surface area contributed by atoms with Gasteiger partial charge >= 0.3 is 5.97 Å². The second-order valence-electron chi connectivity index (χ2n) is 6.04. The van der Waals surface area contributed by atoms with Gasteiger partial charge in [-0.15, -0.1) is 0 Å². The summed E-state index contributed by atoms with van der Waals surface area (Å²) in [6.07, 6.45) is 1.27. The first kappa shape index (κ1) is 19.0. The molecule has 3 rings (SSSR count). The van der Waals surface area contributed by atoms with Crippen LogP contribution in [0.2, 0.25) is 0 Å². The number of Topliss-reactive ketones (excluding diaryl/α,β-unsaturated/α-hetero) is 1. The summed E-state index contributed by atoms with van der Waals surface area (Å²) in [7, 11) is 0. The summed E-state index contributed by atoms with van der Waals surface area (Å²) < 4.78 is 6.04. The van der Waals surface area contributed by atoms with Crippen LogP contribution in [0.3, 0.4) is 0 Å². The Balaban J connectivity index is 1.55. The molecule has 3 aromatic rings. The molecule has 142 valence electrons. The van der Waals surface area contributed by atoms with Gasteiger partial charge in [-0.1, -0.05) is 12.1 Å². The maximum Gasteiger partial charge on any atom is 0.326 e. The number of carbonyl (C=O) groups is 3. The molecule has 0 saturated heterocycles. The molecule has 8 heteroatoms. The highest BCUT2D eigenvalue weighted by Crippen LogP contribution is 2.10. The summed E-state index contributed by atoms with van der Waals surface area (Å²) >= 11 is 0. The van der Waals surface area contributed by atoms with Crippen LogP contribution in [-0.2, 0) is 20.9 Å². The standard InChI is InChI=1S/C20H17N3O5/c1-13(24)14-6-8-15(9-7-14)22-18(25)11-28-19(26)10-23-12-21-17-5-3-2-4-16(17)20(23)27/h2-9,12H,10-11H2,1H3,(H,22,25). The van der Waals surface area contributed by atoms with Crippen LogP contribution >= 0.6 is 0 Å². The monoisotopic (exact) mass is 379 g/mol. The molecule has 0 aliphatic heterocycles. The number of rotatable bonds is 6. The SMILES string of the molecule is CC(=O)c1ccc(NC(=O)COC(=O)Cn2cnc3ccccc3c2=O)cc1. The number of benzene rings is 2. The molecule has 0 saturated carbocycles. The minimum atomic E-state index is -0.735. The third kappa shape index (κ3) is 4.47. The van der Waals surface area contributed by atoms with Crippen LogP contribution in [0.5, 0.6) is 0 Å². The van der Waals surface area contributed by atoms with E-state index >= 15 is 0 Å². The first-order chi connectivity index (χ1) is 13.4. The van der Waals surface area contributed by atoms with E-state index in [9.17, 15) is 19.2 Å². The van der Waals surface area contributed by atoms with E-state index in [0.29, 0.717) is 22.2 Å². The van der Waals surface area contributed by atoms with Crippen molar-refractivity contribution in [3.05, 3.63) is 70.8 Å². The average molecular weight is 379 g/mol. The zero-order valence-electron chi connectivity index (χ0n) is 15.0. The number of para-hydroxylation sites is 1. The fourth-order valence-corrected chi connectivity index (χ4v) is 2.53. The number of nitrogens with zero attached hydrogens (tertiary/aromatic N) is 2. The third-order valence-corrected chi connectivity index (χ3v) is 3.97. The molecule has 1 aromatic heterocycles. The molecular formula is C20H17N3O5. The minimum Gasteiger partial charge on any atom is -0.454 e. The van der Waals surface area contributed by atoms with Crippen LogP contribution in [0.25, 0.3) is 10.9 Å². The van der Waals surface area contributed by atoms with Crippen LogP contribution in [-0.4, -0.2) is 33.8 Å². The van der Waals surface area contributed by atoms with Crippen molar-refractivity contribution in [1.29, 1.82) is 0 Å². The highest BCUT2D eigenvalue weighted by Gasteiger charge is 2.11. The van der Waals surface area contributed by atoms with E-state index in [1.807, 2.05) is 0 Å². The Morgan fingerprint density at radius 2 is 1.79 bits per heavy atom. The lowest BCUT2D eigenvalue weighted by molar-refractivity contribution is -0.147. The number of carbonyl (C=O) groups excluding carboxylic acids is 3. The predicted molar refractivity (Wildman–Crippen MR) is 102 cm³/mol. The lowest BCUT2D eigenvalue weighted by atomic mass is 10.1. The Morgan fingerprint density at radius 1 is 1.07 bits per heavy atom. The van der Waals surface area contributed by atoms with Gasteiger partial charge in [0, 0.05) is 11.3 Å². The number of esters is 1. The molecule has 0 unspecified atom stereocenters. The average Bonchev–Trinajstić information content (AvgIpc) is 2.69. The van der Waals surface area contributed by atoms with E-state index in [2.05, 4.69) is 10.3 Å². The Morgan fingerprint density at radius 3 is 2.50 bits per heavy atom. The maximum atomic E-state index is 12.3. The van der Waals surface area contributed by atoms with Gasteiger partial charge in [0.1, 0.15) is 6.54 Å². The molecule has 0 aliphatic rings. The van der Waals surface area contributed by atoms with Crippen LogP contribution in [0.15, 0.2) is 59.7 Å². The quantitative estimate of drug-likeness (QED) is 0.517. The van der Waals surface area contributed by atoms with Crippen molar-refractivity contribution in [1.82, 2.24) is 9.55 Å². The smallest absolute Gasteiger partial charge is 0.326 e. The fraction of sp³-hybridized carbons (Fsp3) is 0.150. The van der Waals surface area contributed by atoms with Crippen LogP contribution in [0, 0.1) is 0 Å². The topological polar surface area (TPSA) is 107 Å². The number of ketones is 1. The maximum absolute atomic E-state index is 12.3. The van der Waals surface area contributed by atoms with Crippen LogP contribution in [0.4, 0.5) is 5.69 Å². The number of hydrogen-bond acceptors (Lipinski definition) is 6. The van der Waals surface area contributed by atoms with E-state index in [-0.39, 0.29) is 17.9 Å². The first-order valence-corrected chi connectivity index (χ1v) is 8.44. The highest BCUT2D eigenvalue weighted by molar-refractivity contribution is 5.96. The van der Waals surface area contributed by atoms with E-state index in [4.69, 9.17) is 4.74 Å². The number of anilines is 1. The summed E-state index contributed by atoms with van der Waals surface area (Å²) in [6.45, 7) is 0.601. The molecule has 28 heavy (non-hydrogen) atoms. The van der Waals surface area contributed by atoms with Crippen molar-refractivity contribution in [3.8, 4) is 0 Å². The number of ether oxygens (including phenoxy) is 1. The Hall–Kier alpha value is -3.81. The van der Waals surface area contributed by atoms with Crippen molar-refractivity contribution >= 4 is 34.3 Å². The molecule has 1 N–H and O–H groups in total. The van der Waals surface area contributed by atoms with Crippen molar-refractivity contribution in [2.24, 2.45) is 0 Å². The number of amides is 1. The Bertz CT molecular complexity index is 1100. The first-order valence-electron chi connectivity index (χ1n) is 8.44. The van der Waals surface area contributed by atoms with E-state index in [1.54, 1.807) is 48.5 Å². The Labute approximate surface area is 159 Å². The van der Waals surface area contributed by atoms with Gasteiger partial charge in [0.05, 0.1) is 17.2 Å². The molecule has 0 spiro atoms. The molecule has 0 aliphatic carbocycles. The van der Waals surface area contributed by atoms with Crippen molar-refractivity contribution in [2.75, 3.05) is 11.9 Å². The summed E-state index contributed by atoms with van der Waals surface area (Å²) in [6, 6.07) is 13.1. The number of aromatic nitrogens is 2. The summed E-state index contributed by atoms with van der Waals surface area (Å²) in [5.41, 5.74) is 1.17. The molecule has 0 atom stereocenters. The lowest BCUT2D eigenvalue weighted by Gasteiger charge is -2.08.